The lowest BCUT2D eigenvalue weighted by Crippen LogP contribution is -2.43. The molecule has 1 aliphatic rings. The summed E-state index contributed by atoms with van der Waals surface area (Å²) in [6.45, 7) is 3.09. The third-order valence-corrected chi connectivity index (χ3v) is 3.66. The van der Waals surface area contributed by atoms with Crippen molar-refractivity contribution in [2.45, 2.75) is 25.9 Å². The van der Waals surface area contributed by atoms with Gasteiger partial charge in [-0.1, -0.05) is 18.2 Å². The van der Waals surface area contributed by atoms with Crippen LogP contribution in [0.1, 0.15) is 12.5 Å². The smallest absolute Gasteiger partial charge is 0.227 e. The molecule has 0 unspecified atom stereocenters. The molecule has 1 amide bonds. The second-order valence-corrected chi connectivity index (χ2v) is 5.46. The Labute approximate surface area is 123 Å². The molecule has 1 N–H and O–H groups in total. The molecule has 1 aliphatic heterocycles. The van der Waals surface area contributed by atoms with Crippen LogP contribution in [0.15, 0.2) is 42.7 Å². The van der Waals surface area contributed by atoms with E-state index in [4.69, 9.17) is 4.74 Å². The maximum absolute atomic E-state index is 12.3. The quantitative estimate of drug-likeness (QED) is 0.929. The average molecular weight is 285 g/mol. The van der Waals surface area contributed by atoms with Gasteiger partial charge in [-0.3, -0.25) is 9.48 Å². The largest absolute Gasteiger partial charge is 0.492 e. The van der Waals surface area contributed by atoms with Crippen molar-refractivity contribution >= 4 is 5.91 Å². The van der Waals surface area contributed by atoms with Crippen LogP contribution in [0.5, 0.6) is 5.75 Å². The van der Waals surface area contributed by atoms with E-state index in [-0.39, 0.29) is 17.9 Å². The van der Waals surface area contributed by atoms with Crippen LogP contribution in [0.4, 0.5) is 0 Å². The van der Waals surface area contributed by atoms with E-state index in [2.05, 4.69) is 10.4 Å². The van der Waals surface area contributed by atoms with Gasteiger partial charge in [0.25, 0.3) is 0 Å². The number of carbonyl (C=O) groups excluding carboxylic acids is 1. The van der Waals surface area contributed by atoms with Gasteiger partial charge in [0.05, 0.1) is 12.5 Å². The van der Waals surface area contributed by atoms with Crippen LogP contribution in [0.25, 0.3) is 0 Å². The summed E-state index contributed by atoms with van der Waals surface area (Å²) in [5.41, 5.74) is 1.10. The highest BCUT2D eigenvalue weighted by Gasteiger charge is 2.26. The van der Waals surface area contributed by atoms with Gasteiger partial charge in [-0.2, -0.15) is 5.10 Å². The third-order valence-electron chi connectivity index (χ3n) is 3.66. The van der Waals surface area contributed by atoms with E-state index in [1.165, 1.54) is 0 Å². The Morgan fingerprint density at radius 3 is 3.14 bits per heavy atom. The number of aromatic nitrogens is 2. The van der Waals surface area contributed by atoms with Crippen molar-refractivity contribution in [1.82, 2.24) is 15.1 Å². The van der Waals surface area contributed by atoms with Gasteiger partial charge in [0.1, 0.15) is 12.4 Å². The normalized spacial score (nSPS) is 18.4. The molecule has 0 radical (unpaired) electrons. The van der Waals surface area contributed by atoms with Crippen molar-refractivity contribution in [3.05, 3.63) is 48.3 Å². The molecule has 5 nitrogen and oxygen atoms in total. The Kier molecular flexibility index (Phi) is 3.90. The second kappa shape index (κ2) is 5.99. The highest BCUT2D eigenvalue weighted by molar-refractivity contribution is 5.79. The molecule has 2 atom stereocenters. The molecule has 0 fully saturated rings. The Morgan fingerprint density at radius 1 is 1.48 bits per heavy atom. The summed E-state index contributed by atoms with van der Waals surface area (Å²) in [4.78, 5) is 12.3. The van der Waals surface area contributed by atoms with Crippen LogP contribution in [-0.4, -0.2) is 28.3 Å². The van der Waals surface area contributed by atoms with E-state index in [9.17, 15) is 4.79 Å². The van der Waals surface area contributed by atoms with Crippen molar-refractivity contribution < 1.29 is 9.53 Å². The van der Waals surface area contributed by atoms with Crippen LogP contribution in [0.3, 0.4) is 0 Å². The monoisotopic (exact) mass is 285 g/mol. The zero-order valence-corrected chi connectivity index (χ0v) is 12.0. The number of amides is 1. The van der Waals surface area contributed by atoms with Gasteiger partial charge in [0, 0.05) is 18.4 Å². The fourth-order valence-electron chi connectivity index (χ4n) is 2.59. The van der Waals surface area contributed by atoms with Crippen molar-refractivity contribution in [3.8, 4) is 5.75 Å². The van der Waals surface area contributed by atoms with Gasteiger partial charge in [-0.05, 0) is 31.0 Å². The lowest BCUT2D eigenvalue weighted by Gasteiger charge is -2.25. The second-order valence-electron chi connectivity index (χ2n) is 5.46. The summed E-state index contributed by atoms with van der Waals surface area (Å²) >= 11 is 0. The van der Waals surface area contributed by atoms with Crippen LogP contribution in [-0.2, 0) is 17.8 Å². The van der Waals surface area contributed by atoms with Gasteiger partial charge in [-0.15, -0.1) is 0 Å². The highest BCUT2D eigenvalue weighted by atomic mass is 16.5. The molecule has 21 heavy (non-hydrogen) atoms. The first kappa shape index (κ1) is 13.7. The fraction of sp³-hybridized carbons (Fsp3) is 0.375. The molecule has 0 saturated carbocycles. The maximum Gasteiger partial charge on any atom is 0.227 e. The van der Waals surface area contributed by atoms with Crippen LogP contribution >= 0.6 is 0 Å². The highest BCUT2D eigenvalue weighted by Crippen LogP contribution is 2.26. The number of ether oxygens (including phenoxy) is 1. The number of hydrogen-bond donors (Lipinski definition) is 1. The number of nitrogens with zero attached hydrogens (tertiary/aromatic N) is 2. The third kappa shape index (κ3) is 3.24. The number of rotatable bonds is 4. The number of carbonyl (C=O) groups is 1. The standard InChI is InChI=1S/C16H19N3O2/c1-12(10-19-8-4-7-17-19)18-16(20)14-9-13-5-2-3-6-15(13)21-11-14/h2-8,12,14H,9-11H2,1H3,(H,18,20)/t12-,14+/m1/s1. The van der Waals surface area contributed by atoms with Crippen molar-refractivity contribution in [1.29, 1.82) is 0 Å². The fourth-order valence-corrected chi connectivity index (χ4v) is 2.59. The van der Waals surface area contributed by atoms with Gasteiger partial charge < -0.3 is 10.1 Å². The Balaban J connectivity index is 1.56. The summed E-state index contributed by atoms with van der Waals surface area (Å²) in [6, 6.07) is 9.80. The lowest BCUT2D eigenvalue weighted by atomic mass is 9.96. The van der Waals surface area contributed by atoms with Gasteiger partial charge in [0.15, 0.2) is 0 Å². The summed E-state index contributed by atoms with van der Waals surface area (Å²) in [6.07, 6.45) is 4.36. The zero-order valence-electron chi connectivity index (χ0n) is 12.0. The summed E-state index contributed by atoms with van der Waals surface area (Å²) in [5.74, 6) is 0.815. The number of para-hydroxylation sites is 1. The minimum Gasteiger partial charge on any atom is -0.492 e. The Hall–Kier alpha value is -2.30. The molecule has 0 spiro atoms. The number of hydrogen-bond acceptors (Lipinski definition) is 3. The topological polar surface area (TPSA) is 56.2 Å². The summed E-state index contributed by atoms with van der Waals surface area (Å²) < 4.78 is 7.48. The van der Waals surface area contributed by atoms with Crippen molar-refractivity contribution in [3.63, 3.8) is 0 Å². The minimum atomic E-state index is -0.125. The Bertz CT molecular complexity index is 610. The first-order chi connectivity index (χ1) is 10.2. The van der Waals surface area contributed by atoms with Gasteiger partial charge in [-0.25, -0.2) is 0 Å². The first-order valence-electron chi connectivity index (χ1n) is 7.21. The summed E-state index contributed by atoms with van der Waals surface area (Å²) in [7, 11) is 0. The molecular formula is C16H19N3O2. The molecule has 0 aliphatic carbocycles. The van der Waals surface area contributed by atoms with Crippen LogP contribution in [0, 0.1) is 5.92 Å². The molecule has 1 aromatic carbocycles. The SMILES string of the molecule is C[C@H](Cn1cccn1)NC(=O)[C@@H]1COc2ccccc2C1. The van der Waals surface area contributed by atoms with Crippen molar-refractivity contribution in [2.75, 3.05) is 6.61 Å². The average Bonchev–Trinajstić information content (AvgIpc) is 2.99. The molecule has 2 heterocycles. The molecule has 0 saturated heterocycles. The lowest BCUT2D eigenvalue weighted by molar-refractivity contribution is -0.127. The molecule has 3 rings (SSSR count). The van der Waals surface area contributed by atoms with Gasteiger partial charge in [0.2, 0.25) is 5.91 Å². The zero-order chi connectivity index (χ0) is 14.7. The molecule has 2 aromatic rings. The minimum absolute atomic E-state index is 0.0366. The number of nitrogens with one attached hydrogen (secondary N) is 1. The predicted molar refractivity (Wildman–Crippen MR) is 79.0 cm³/mol. The van der Waals surface area contributed by atoms with Crippen molar-refractivity contribution in [2.24, 2.45) is 5.92 Å². The van der Waals surface area contributed by atoms with E-state index < -0.39 is 0 Å². The molecule has 1 aromatic heterocycles. The number of benzene rings is 1. The van der Waals surface area contributed by atoms with Crippen LogP contribution in [0.2, 0.25) is 0 Å². The first-order valence-corrected chi connectivity index (χ1v) is 7.21. The van der Waals surface area contributed by atoms with Gasteiger partial charge >= 0.3 is 0 Å². The summed E-state index contributed by atoms with van der Waals surface area (Å²) in [5, 5.41) is 7.19. The predicted octanol–water partition coefficient (Wildman–Crippen LogP) is 1.64. The molecule has 5 heteroatoms. The molecule has 110 valence electrons. The van der Waals surface area contributed by atoms with E-state index >= 15 is 0 Å². The van der Waals surface area contributed by atoms with E-state index in [0.29, 0.717) is 13.2 Å². The van der Waals surface area contributed by atoms with E-state index in [1.807, 2.05) is 48.1 Å². The Morgan fingerprint density at radius 2 is 2.33 bits per heavy atom. The van der Waals surface area contributed by atoms with E-state index in [1.54, 1.807) is 6.20 Å². The maximum atomic E-state index is 12.3. The molecule has 0 bridgehead atoms. The molecular weight excluding hydrogens is 266 g/mol. The number of fused-ring (bicyclic) bond motifs is 1. The van der Waals surface area contributed by atoms with E-state index in [0.717, 1.165) is 17.7 Å². The van der Waals surface area contributed by atoms with Crippen LogP contribution < -0.4 is 10.1 Å².